The molecule has 1 aromatic rings. The van der Waals surface area contributed by atoms with Crippen molar-refractivity contribution in [3.63, 3.8) is 0 Å². The predicted octanol–water partition coefficient (Wildman–Crippen LogP) is 4.38. The highest BCUT2D eigenvalue weighted by molar-refractivity contribution is 5.69. The normalized spacial score (nSPS) is 10.6. The van der Waals surface area contributed by atoms with Crippen LogP contribution < -0.4 is 0 Å². The van der Waals surface area contributed by atoms with E-state index in [-0.39, 0.29) is 0 Å². The molecule has 0 fully saturated rings. The quantitative estimate of drug-likeness (QED) is 0.598. The van der Waals surface area contributed by atoms with Crippen LogP contribution in [-0.4, -0.2) is 0 Å². The lowest BCUT2D eigenvalue weighted by atomic mass is 10.0. The molecule has 0 nitrogen and oxygen atoms in total. The first-order valence-electron chi connectivity index (χ1n) is 5.94. The number of benzene rings is 1. The maximum absolute atomic E-state index is 2.22. The predicted molar refractivity (Wildman–Crippen MR) is 72.3 cm³/mol. The molecule has 0 heterocycles. The Labute approximate surface area is 102 Å². The van der Waals surface area contributed by atoms with Crippen molar-refractivity contribution in [1.82, 2.24) is 0 Å². The van der Waals surface area contributed by atoms with Gasteiger partial charge >= 0.3 is 0 Å². The maximum Gasteiger partial charge on any atom is -0.00196 e. The molecule has 2 aliphatic rings. The molecule has 0 radical (unpaired) electrons. The van der Waals surface area contributed by atoms with Crippen LogP contribution in [0.15, 0.2) is 72.8 Å². The van der Waals surface area contributed by atoms with Crippen molar-refractivity contribution >= 4 is 0 Å². The molecule has 0 heteroatoms. The lowest BCUT2D eigenvalue weighted by Crippen LogP contribution is -1.88. The van der Waals surface area contributed by atoms with Crippen LogP contribution >= 0.6 is 0 Å². The molecule has 2 aliphatic carbocycles. The second kappa shape index (κ2) is 4.42. The Bertz CT molecular complexity index is 581. The summed E-state index contributed by atoms with van der Waals surface area (Å²) in [4.78, 5) is 0. The molecule has 0 aromatic heterocycles. The largest absolute Gasteiger partial charge is 0.0622 e. The molecule has 0 spiro atoms. The first kappa shape index (κ1) is 10.1. The van der Waals surface area contributed by atoms with E-state index in [9.17, 15) is 0 Å². The maximum atomic E-state index is 2.22. The van der Waals surface area contributed by atoms with Crippen molar-refractivity contribution in [3.05, 3.63) is 83.9 Å². The van der Waals surface area contributed by atoms with Crippen LogP contribution in [0.2, 0.25) is 0 Å². The summed E-state index contributed by atoms with van der Waals surface area (Å²) in [6, 6.07) is 25.7. The fourth-order valence-electron chi connectivity index (χ4n) is 2.26. The van der Waals surface area contributed by atoms with Gasteiger partial charge in [0.2, 0.25) is 0 Å². The zero-order chi connectivity index (χ0) is 11.5. The molecular weight excluding hydrogens is 204 g/mol. The van der Waals surface area contributed by atoms with Crippen LogP contribution in [0, 0.1) is 0 Å². The van der Waals surface area contributed by atoms with Gasteiger partial charge in [-0.2, -0.15) is 0 Å². The number of rotatable bonds is 2. The topological polar surface area (TPSA) is 0 Å². The fraction of sp³-hybridized carbons (Fsp3) is 0.0588. The lowest BCUT2D eigenvalue weighted by Gasteiger charge is -2.04. The summed E-state index contributed by atoms with van der Waals surface area (Å²) in [5.41, 5.74) is 5.43. The number of fused-ring (bicyclic) bond motifs is 1. The van der Waals surface area contributed by atoms with Gasteiger partial charge < -0.3 is 0 Å². The van der Waals surface area contributed by atoms with E-state index in [4.69, 9.17) is 0 Å². The molecule has 0 saturated heterocycles. The molecule has 17 heavy (non-hydrogen) atoms. The minimum absolute atomic E-state index is 0.996. The van der Waals surface area contributed by atoms with Gasteiger partial charge in [0.1, 0.15) is 0 Å². The van der Waals surface area contributed by atoms with E-state index in [2.05, 4.69) is 72.8 Å². The second-order valence-corrected chi connectivity index (χ2v) is 4.30. The smallest absolute Gasteiger partial charge is 0.00196 e. The van der Waals surface area contributed by atoms with Crippen LogP contribution in [0.1, 0.15) is 11.1 Å². The molecule has 1 aromatic carbocycles. The van der Waals surface area contributed by atoms with Crippen molar-refractivity contribution in [2.45, 2.75) is 6.42 Å². The Kier molecular flexibility index (Phi) is 2.63. The van der Waals surface area contributed by atoms with E-state index >= 15 is 0 Å². The van der Waals surface area contributed by atoms with Crippen LogP contribution in [-0.2, 0) is 6.42 Å². The summed E-state index contributed by atoms with van der Waals surface area (Å²) < 4.78 is 0. The van der Waals surface area contributed by atoms with Crippen molar-refractivity contribution in [2.75, 3.05) is 0 Å². The summed E-state index contributed by atoms with van der Waals surface area (Å²) in [6.07, 6.45) is 0.996. The highest BCUT2D eigenvalue weighted by Gasteiger charge is 2.05. The van der Waals surface area contributed by atoms with E-state index in [1.165, 1.54) is 22.3 Å². The van der Waals surface area contributed by atoms with Crippen molar-refractivity contribution in [2.24, 2.45) is 0 Å². The van der Waals surface area contributed by atoms with Crippen LogP contribution in [0.25, 0.3) is 11.1 Å². The molecule has 0 saturated carbocycles. The monoisotopic (exact) mass is 218 g/mol. The average Bonchev–Trinajstić information content (AvgIpc) is 2.75. The summed E-state index contributed by atoms with van der Waals surface area (Å²) in [7, 11) is 0. The van der Waals surface area contributed by atoms with Gasteiger partial charge in [-0.1, -0.05) is 72.8 Å². The fourth-order valence-corrected chi connectivity index (χ4v) is 2.26. The van der Waals surface area contributed by atoms with Gasteiger partial charge in [0.05, 0.1) is 0 Å². The zero-order valence-electron chi connectivity index (χ0n) is 9.64. The Morgan fingerprint density at radius 3 is 2.18 bits per heavy atom. The van der Waals surface area contributed by atoms with Gasteiger partial charge in [-0.3, -0.25) is 0 Å². The third-order valence-corrected chi connectivity index (χ3v) is 3.12. The number of hydrogen-bond acceptors (Lipinski definition) is 0. The molecule has 82 valence electrons. The van der Waals surface area contributed by atoms with Crippen molar-refractivity contribution in [1.29, 1.82) is 0 Å². The molecule has 3 rings (SSSR count). The molecule has 0 atom stereocenters. The Hall–Kier alpha value is -2.08. The van der Waals surface area contributed by atoms with Crippen LogP contribution in [0.4, 0.5) is 0 Å². The summed E-state index contributed by atoms with van der Waals surface area (Å²) in [6.45, 7) is 0. The zero-order valence-corrected chi connectivity index (χ0v) is 9.64. The molecule has 0 bridgehead atoms. The van der Waals surface area contributed by atoms with Gasteiger partial charge in [0, 0.05) is 0 Å². The summed E-state index contributed by atoms with van der Waals surface area (Å²) in [5, 5.41) is 0. The summed E-state index contributed by atoms with van der Waals surface area (Å²) in [5.74, 6) is 0. The highest BCUT2D eigenvalue weighted by Crippen LogP contribution is 2.27. The van der Waals surface area contributed by atoms with E-state index in [1.807, 2.05) is 0 Å². The Balaban J connectivity index is 2.03. The molecule has 0 N–H and O–H groups in total. The number of hydrogen-bond donors (Lipinski definition) is 0. The van der Waals surface area contributed by atoms with E-state index in [0.717, 1.165) is 6.42 Å². The first-order chi connectivity index (χ1) is 8.43. The van der Waals surface area contributed by atoms with Gasteiger partial charge in [0.15, 0.2) is 0 Å². The van der Waals surface area contributed by atoms with Gasteiger partial charge in [-0.15, -0.1) is 0 Å². The summed E-state index contributed by atoms with van der Waals surface area (Å²) >= 11 is 0. The first-order valence-corrected chi connectivity index (χ1v) is 5.94. The van der Waals surface area contributed by atoms with Crippen molar-refractivity contribution < 1.29 is 0 Å². The minimum atomic E-state index is 0.996. The third-order valence-electron chi connectivity index (χ3n) is 3.12. The van der Waals surface area contributed by atoms with E-state index in [0.29, 0.717) is 0 Å². The highest BCUT2D eigenvalue weighted by atomic mass is 14.1. The average molecular weight is 218 g/mol. The lowest BCUT2D eigenvalue weighted by molar-refractivity contribution is 1.20. The van der Waals surface area contributed by atoms with Crippen molar-refractivity contribution in [3.8, 4) is 11.1 Å². The van der Waals surface area contributed by atoms with Crippen LogP contribution in [0.5, 0.6) is 0 Å². The van der Waals surface area contributed by atoms with E-state index in [1.54, 1.807) is 0 Å². The molecular formula is C17H14. The molecule has 0 amide bonds. The second-order valence-electron chi connectivity index (χ2n) is 4.30. The van der Waals surface area contributed by atoms with Gasteiger partial charge in [-0.05, 0) is 28.7 Å². The molecule has 0 aliphatic heterocycles. The van der Waals surface area contributed by atoms with Gasteiger partial charge in [0.25, 0.3) is 0 Å². The van der Waals surface area contributed by atoms with E-state index < -0.39 is 0 Å². The Morgan fingerprint density at radius 2 is 1.29 bits per heavy atom. The Morgan fingerprint density at radius 1 is 0.588 bits per heavy atom. The standard InChI is InChI=1S/C17H14/c1-2-7-14(8-3-1)13-16-10-5-4-9-15-11-6-12-17(15)16/h1-12H,13H2. The minimum Gasteiger partial charge on any atom is -0.0622 e. The molecule has 0 unspecified atom stereocenters. The third kappa shape index (κ3) is 2.07. The SMILES string of the molecule is c1ccc(Cc2ccccc3cccc2-3)cc1. The van der Waals surface area contributed by atoms with Crippen LogP contribution in [0.3, 0.4) is 0 Å². The van der Waals surface area contributed by atoms with Gasteiger partial charge in [-0.25, -0.2) is 0 Å².